The number of carbonyl (C=O) groups is 1. The van der Waals surface area contributed by atoms with Gasteiger partial charge in [0.15, 0.2) is 0 Å². The summed E-state index contributed by atoms with van der Waals surface area (Å²) in [7, 11) is 1.62. The average Bonchev–Trinajstić information content (AvgIpc) is 2.21. The van der Waals surface area contributed by atoms with Crippen molar-refractivity contribution in [3.05, 3.63) is 28.3 Å². The van der Waals surface area contributed by atoms with Crippen molar-refractivity contribution in [2.24, 2.45) is 0 Å². The van der Waals surface area contributed by atoms with E-state index in [-0.39, 0.29) is 5.92 Å². The number of ether oxygens (including phenoxy) is 1. The lowest BCUT2D eigenvalue weighted by Gasteiger charge is -2.15. The molecular formula is C12H15ClO2. The van der Waals surface area contributed by atoms with Crippen LogP contribution in [0.3, 0.4) is 0 Å². The van der Waals surface area contributed by atoms with Crippen molar-refractivity contribution in [3.8, 4) is 5.75 Å². The summed E-state index contributed by atoms with van der Waals surface area (Å²) in [6.07, 6.45) is 1.43. The second-order valence-electron chi connectivity index (χ2n) is 3.63. The minimum absolute atomic E-state index is 0.176. The molecule has 0 bridgehead atoms. The van der Waals surface area contributed by atoms with Gasteiger partial charge in [0.05, 0.1) is 7.11 Å². The Balaban J connectivity index is 3.16. The SMILES string of the molecule is COc1cc(Cl)cc(C(C)CC=O)c1C. The molecular weight excluding hydrogens is 212 g/mol. The molecule has 0 N–H and O–H groups in total. The van der Waals surface area contributed by atoms with Crippen LogP contribution in [0.1, 0.15) is 30.4 Å². The highest BCUT2D eigenvalue weighted by Crippen LogP contribution is 2.32. The molecule has 0 spiro atoms. The monoisotopic (exact) mass is 226 g/mol. The fourth-order valence-corrected chi connectivity index (χ4v) is 1.89. The molecule has 0 fully saturated rings. The van der Waals surface area contributed by atoms with Gasteiger partial charge in [0.2, 0.25) is 0 Å². The molecule has 1 atom stereocenters. The summed E-state index contributed by atoms with van der Waals surface area (Å²) in [5, 5.41) is 0.644. The molecule has 0 heterocycles. The number of halogens is 1. The lowest BCUT2D eigenvalue weighted by atomic mass is 9.94. The van der Waals surface area contributed by atoms with Crippen molar-refractivity contribution in [3.63, 3.8) is 0 Å². The van der Waals surface area contributed by atoms with Crippen LogP contribution in [-0.2, 0) is 4.79 Å². The van der Waals surface area contributed by atoms with Gasteiger partial charge < -0.3 is 9.53 Å². The van der Waals surface area contributed by atoms with E-state index in [9.17, 15) is 4.79 Å². The molecule has 0 aliphatic rings. The van der Waals surface area contributed by atoms with Crippen molar-refractivity contribution in [2.45, 2.75) is 26.2 Å². The maximum Gasteiger partial charge on any atom is 0.123 e. The molecule has 0 amide bonds. The van der Waals surface area contributed by atoms with Gasteiger partial charge >= 0.3 is 0 Å². The first-order valence-electron chi connectivity index (χ1n) is 4.87. The van der Waals surface area contributed by atoms with Gasteiger partial charge in [-0.3, -0.25) is 0 Å². The van der Waals surface area contributed by atoms with Gasteiger partial charge in [-0.25, -0.2) is 0 Å². The Morgan fingerprint density at radius 3 is 2.73 bits per heavy atom. The molecule has 1 rings (SSSR count). The van der Waals surface area contributed by atoms with Crippen molar-refractivity contribution in [1.29, 1.82) is 0 Å². The van der Waals surface area contributed by atoms with Crippen LogP contribution in [0.15, 0.2) is 12.1 Å². The van der Waals surface area contributed by atoms with Gasteiger partial charge in [0.1, 0.15) is 12.0 Å². The molecule has 0 aliphatic heterocycles. The molecule has 0 aliphatic carbocycles. The van der Waals surface area contributed by atoms with Crippen LogP contribution in [0.2, 0.25) is 5.02 Å². The number of carbonyl (C=O) groups excluding carboxylic acids is 1. The molecule has 0 saturated carbocycles. The third-order valence-electron chi connectivity index (χ3n) is 2.57. The van der Waals surface area contributed by atoms with E-state index in [1.54, 1.807) is 13.2 Å². The van der Waals surface area contributed by atoms with E-state index in [0.717, 1.165) is 23.2 Å². The molecule has 3 heteroatoms. The Hall–Kier alpha value is -1.02. The molecule has 0 radical (unpaired) electrons. The van der Waals surface area contributed by atoms with Crippen LogP contribution in [-0.4, -0.2) is 13.4 Å². The number of hydrogen-bond acceptors (Lipinski definition) is 2. The first-order valence-corrected chi connectivity index (χ1v) is 5.25. The van der Waals surface area contributed by atoms with Crippen LogP contribution in [0.5, 0.6) is 5.75 Å². The van der Waals surface area contributed by atoms with Crippen molar-refractivity contribution < 1.29 is 9.53 Å². The summed E-state index contributed by atoms with van der Waals surface area (Å²) >= 11 is 5.98. The Morgan fingerprint density at radius 1 is 1.53 bits per heavy atom. The van der Waals surface area contributed by atoms with E-state index in [2.05, 4.69) is 0 Å². The molecule has 1 aromatic rings. The molecule has 2 nitrogen and oxygen atoms in total. The lowest BCUT2D eigenvalue weighted by molar-refractivity contribution is -0.108. The predicted octanol–water partition coefficient (Wildman–Crippen LogP) is 3.35. The Morgan fingerprint density at radius 2 is 2.20 bits per heavy atom. The normalized spacial score (nSPS) is 12.3. The summed E-state index contributed by atoms with van der Waals surface area (Å²) in [6.45, 7) is 3.98. The smallest absolute Gasteiger partial charge is 0.123 e. The Labute approximate surface area is 95.2 Å². The fourth-order valence-electron chi connectivity index (χ4n) is 1.67. The van der Waals surface area contributed by atoms with E-state index >= 15 is 0 Å². The standard InChI is InChI=1S/C12H15ClO2/c1-8(4-5-14)11-6-10(13)7-12(15-3)9(11)2/h5-8H,4H2,1-3H3. The number of hydrogen-bond donors (Lipinski definition) is 0. The third-order valence-corrected chi connectivity index (χ3v) is 2.78. The van der Waals surface area contributed by atoms with Gasteiger partial charge in [0, 0.05) is 11.4 Å². The molecule has 0 aromatic heterocycles. The molecule has 82 valence electrons. The van der Waals surface area contributed by atoms with E-state index in [0.29, 0.717) is 11.4 Å². The van der Waals surface area contributed by atoms with E-state index in [1.807, 2.05) is 19.9 Å². The van der Waals surface area contributed by atoms with Gasteiger partial charge in [-0.2, -0.15) is 0 Å². The zero-order valence-electron chi connectivity index (χ0n) is 9.21. The van der Waals surface area contributed by atoms with E-state index in [4.69, 9.17) is 16.3 Å². The van der Waals surface area contributed by atoms with Gasteiger partial charge in [-0.1, -0.05) is 18.5 Å². The number of methoxy groups -OCH3 is 1. The Kier molecular flexibility index (Phi) is 4.15. The minimum Gasteiger partial charge on any atom is -0.496 e. The second kappa shape index (κ2) is 5.17. The number of aldehydes is 1. The highest BCUT2D eigenvalue weighted by molar-refractivity contribution is 6.30. The molecule has 0 saturated heterocycles. The van der Waals surface area contributed by atoms with Crippen molar-refractivity contribution in [2.75, 3.05) is 7.11 Å². The summed E-state index contributed by atoms with van der Waals surface area (Å²) in [5.74, 6) is 0.949. The minimum atomic E-state index is 0.176. The predicted molar refractivity (Wildman–Crippen MR) is 61.8 cm³/mol. The molecule has 15 heavy (non-hydrogen) atoms. The maximum atomic E-state index is 10.5. The van der Waals surface area contributed by atoms with Crippen LogP contribution < -0.4 is 4.74 Å². The largest absolute Gasteiger partial charge is 0.496 e. The molecule has 1 aromatic carbocycles. The van der Waals surface area contributed by atoms with E-state index in [1.165, 1.54) is 0 Å². The van der Waals surface area contributed by atoms with Crippen LogP contribution in [0.25, 0.3) is 0 Å². The van der Waals surface area contributed by atoms with E-state index < -0.39 is 0 Å². The quantitative estimate of drug-likeness (QED) is 0.736. The first kappa shape index (κ1) is 12.1. The first-order chi connectivity index (χ1) is 7.10. The highest BCUT2D eigenvalue weighted by Gasteiger charge is 2.12. The second-order valence-corrected chi connectivity index (χ2v) is 4.06. The number of benzene rings is 1. The Bertz CT molecular complexity index is 361. The van der Waals surface area contributed by atoms with Gasteiger partial charge in [-0.15, -0.1) is 0 Å². The summed E-state index contributed by atoms with van der Waals surface area (Å²) in [6, 6.07) is 3.68. The topological polar surface area (TPSA) is 26.3 Å². The summed E-state index contributed by atoms with van der Waals surface area (Å²) in [4.78, 5) is 10.5. The fraction of sp³-hybridized carbons (Fsp3) is 0.417. The van der Waals surface area contributed by atoms with Gasteiger partial charge in [0.25, 0.3) is 0 Å². The summed E-state index contributed by atoms with van der Waals surface area (Å²) < 4.78 is 5.22. The van der Waals surface area contributed by atoms with Crippen molar-refractivity contribution >= 4 is 17.9 Å². The van der Waals surface area contributed by atoms with Crippen LogP contribution in [0.4, 0.5) is 0 Å². The average molecular weight is 227 g/mol. The van der Waals surface area contributed by atoms with Crippen LogP contribution >= 0.6 is 11.6 Å². The third kappa shape index (κ3) is 2.72. The highest BCUT2D eigenvalue weighted by atomic mass is 35.5. The van der Waals surface area contributed by atoms with Crippen LogP contribution in [0, 0.1) is 6.92 Å². The lowest BCUT2D eigenvalue weighted by Crippen LogP contribution is -2.00. The maximum absolute atomic E-state index is 10.5. The zero-order valence-corrected chi connectivity index (χ0v) is 9.97. The number of rotatable bonds is 4. The zero-order chi connectivity index (χ0) is 11.4. The molecule has 1 unspecified atom stereocenters. The van der Waals surface area contributed by atoms with Gasteiger partial charge in [-0.05, 0) is 36.1 Å². The van der Waals surface area contributed by atoms with Crippen molar-refractivity contribution in [1.82, 2.24) is 0 Å². The summed E-state index contributed by atoms with van der Waals surface area (Å²) in [5.41, 5.74) is 2.13.